The second-order valence-corrected chi connectivity index (χ2v) is 7.60. The Morgan fingerprint density at radius 1 is 1.20 bits per heavy atom. The number of esters is 1. The number of amides is 1. The van der Waals surface area contributed by atoms with Crippen molar-refractivity contribution in [2.24, 2.45) is 5.73 Å². The normalized spacial score (nSPS) is 12.0. The van der Waals surface area contributed by atoms with Crippen LogP contribution in [-0.4, -0.2) is 39.2 Å². The van der Waals surface area contributed by atoms with Crippen LogP contribution in [0.5, 0.6) is 0 Å². The number of ether oxygens (including phenoxy) is 1. The molecule has 0 aliphatic rings. The monoisotopic (exact) mass is 392 g/mol. The number of carbonyl (C=O) groups is 2. The number of nitrogens with two attached hydrogens (primary N) is 1. The highest BCUT2D eigenvalue weighted by Gasteiger charge is 2.18. The molecule has 0 aliphatic carbocycles. The average Bonchev–Trinajstić information content (AvgIpc) is 2.53. The lowest BCUT2D eigenvalue weighted by Crippen LogP contribution is -2.40. The van der Waals surface area contributed by atoms with Crippen molar-refractivity contribution in [2.45, 2.75) is 38.1 Å². The Hall–Kier alpha value is -1.64. The van der Waals surface area contributed by atoms with E-state index in [4.69, 9.17) is 5.73 Å². The minimum absolute atomic E-state index is 0. The fourth-order valence-corrected chi connectivity index (χ4v) is 3.34. The van der Waals surface area contributed by atoms with E-state index in [0.717, 1.165) is 19.1 Å². The fourth-order valence-electron chi connectivity index (χ4n) is 2.06. The Kier molecular flexibility index (Phi) is 10.3. The highest BCUT2D eigenvalue weighted by atomic mass is 35.5. The Labute approximate surface area is 154 Å². The largest absolute Gasteiger partial charge is 0.468 e. The number of benzene rings is 1. The first kappa shape index (κ1) is 23.4. The van der Waals surface area contributed by atoms with Gasteiger partial charge in [0.1, 0.15) is 5.75 Å². The van der Waals surface area contributed by atoms with E-state index < -0.39 is 27.6 Å². The molecular weight excluding hydrogens is 368 g/mol. The SMILES string of the molecule is CCCC(N)C(=O)NCc1ccc(CS(=O)(=O)CC(=O)OC)cc1.Cl. The molecule has 0 radical (unpaired) electrons. The quantitative estimate of drug-likeness (QED) is 0.604. The molecule has 1 atom stereocenters. The van der Waals surface area contributed by atoms with Gasteiger partial charge in [0, 0.05) is 6.54 Å². The van der Waals surface area contributed by atoms with Gasteiger partial charge in [0.05, 0.1) is 18.9 Å². The molecule has 1 aromatic rings. The minimum atomic E-state index is -3.56. The molecular formula is C16H25ClN2O5S. The molecule has 1 unspecified atom stereocenters. The molecule has 7 nitrogen and oxygen atoms in total. The van der Waals surface area contributed by atoms with Crippen LogP contribution in [0.3, 0.4) is 0 Å². The van der Waals surface area contributed by atoms with Gasteiger partial charge in [0.15, 0.2) is 9.84 Å². The molecule has 142 valence electrons. The van der Waals surface area contributed by atoms with E-state index in [-0.39, 0.29) is 24.1 Å². The predicted molar refractivity (Wildman–Crippen MR) is 97.9 cm³/mol. The fraction of sp³-hybridized carbons (Fsp3) is 0.500. The average molecular weight is 393 g/mol. The van der Waals surface area contributed by atoms with Crippen LogP contribution in [-0.2, 0) is 36.5 Å². The zero-order chi connectivity index (χ0) is 18.2. The zero-order valence-electron chi connectivity index (χ0n) is 14.4. The first-order valence-electron chi connectivity index (χ1n) is 7.65. The van der Waals surface area contributed by atoms with Crippen molar-refractivity contribution in [3.63, 3.8) is 0 Å². The van der Waals surface area contributed by atoms with E-state index in [1.54, 1.807) is 24.3 Å². The van der Waals surface area contributed by atoms with Gasteiger partial charge < -0.3 is 15.8 Å². The van der Waals surface area contributed by atoms with Gasteiger partial charge in [0.25, 0.3) is 0 Å². The van der Waals surface area contributed by atoms with Crippen molar-refractivity contribution in [2.75, 3.05) is 12.9 Å². The number of hydrogen-bond donors (Lipinski definition) is 2. The molecule has 1 amide bonds. The molecule has 9 heteroatoms. The van der Waals surface area contributed by atoms with Gasteiger partial charge in [-0.1, -0.05) is 37.6 Å². The molecule has 0 saturated carbocycles. The lowest BCUT2D eigenvalue weighted by Gasteiger charge is -2.11. The van der Waals surface area contributed by atoms with Crippen LogP contribution in [0, 0.1) is 0 Å². The summed E-state index contributed by atoms with van der Waals surface area (Å²) in [5.74, 6) is -1.87. The van der Waals surface area contributed by atoms with Gasteiger partial charge in [0.2, 0.25) is 5.91 Å². The molecule has 1 rings (SSSR count). The number of carbonyl (C=O) groups excluding carboxylic acids is 2. The molecule has 1 aromatic carbocycles. The molecule has 0 saturated heterocycles. The van der Waals surface area contributed by atoms with Crippen LogP contribution in [0.4, 0.5) is 0 Å². The topological polar surface area (TPSA) is 116 Å². The molecule has 0 aliphatic heterocycles. The molecule has 0 fully saturated rings. The van der Waals surface area contributed by atoms with Crippen LogP contribution < -0.4 is 11.1 Å². The lowest BCUT2D eigenvalue weighted by atomic mass is 10.1. The van der Waals surface area contributed by atoms with Gasteiger partial charge in [-0.05, 0) is 17.5 Å². The van der Waals surface area contributed by atoms with Crippen LogP contribution in [0.1, 0.15) is 30.9 Å². The second-order valence-electron chi connectivity index (χ2n) is 5.54. The van der Waals surface area contributed by atoms with E-state index in [1.807, 2.05) is 6.92 Å². The van der Waals surface area contributed by atoms with Gasteiger partial charge in [-0.15, -0.1) is 12.4 Å². The third kappa shape index (κ3) is 8.85. The van der Waals surface area contributed by atoms with E-state index in [0.29, 0.717) is 18.5 Å². The summed E-state index contributed by atoms with van der Waals surface area (Å²) in [4.78, 5) is 22.8. The molecule has 0 spiro atoms. The highest BCUT2D eigenvalue weighted by molar-refractivity contribution is 7.91. The van der Waals surface area contributed by atoms with E-state index in [9.17, 15) is 18.0 Å². The summed E-state index contributed by atoms with van der Waals surface area (Å²) in [6.45, 7) is 2.28. The van der Waals surface area contributed by atoms with Crippen molar-refractivity contribution in [3.8, 4) is 0 Å². The maximum absolute atomic E-state index is 11.8. The van der Waals surface area contributed by atoms with Crippen molar-refractivity contribution in [3.05, 3.63) is 35.4 Å². The Bertz CT molecular complexity index is 662. The smallest absolute Gasteiger partial charge is 0.320 e. The van der Waals surface area contributed by atoms with Crippen LogP contribution >= 0.6 is 12.4 Å². The van der Waals surface area contributed by atoms with Gasteiger partial charge in [-0.3, -0.25) is 9.59 Å². The summed E-state index contributed by atoms with van der Waals surface area (Å²) in [7, 11) is -2.42. The summed E-state index contributed by atoms with van der Waals surface area (Å²) in [6, 6.07) is 6.26. The Morgan fingerprint density at radius 2 is 1.76 bits per heavy atom. The Morgan fingerprint density at radius 3 is 2.28 bits per heavy atom. The second kappa shape index (κ2) is 11.1. The summed E-state index contributed by atoms with van der Waals surface area (Å²) >= 11 is 0. The molecule has 0 bridgehead atoms. The van der Waals surface area contributed by atoms with Crippen molar-refractivity contribution >= 4 is 34.1 Å². The van der Waals surface area contributed by atoms with Gasteiger partial charge >= 0.3 is 5.97 Å². The van der Waals surface area contributed by atoms with Crippen LogP contribution in [0.2, 0.25) is 0 Å². The van der Waals surface area contributed by atoms with Crippen molar-refractivity contribution < 1.29 is 22.7 Å². The highest BCUT2D eigenvalue weighted by Crippen LogP contribution is 2.09. The predicted octanol–water partition coefficient (Wildman–Crippen LogP) is 0.940. The maximum atomic E-state index is 11.8. The molecule has 0 aromatic heterocycles. The number of methoxy groups -OCH3 is 1. The summed E-state index contributed by atoms with van der Waals surface area (Å²) in [5.41, 5.74) is 7.12. The van der Waals surface area contributed by atoms with E-state index in [1.165, 1.54) is 0 Å². The lowest BCUT2D eigenvalue weighted by molar-refractivity contribution is -0.137. The molecule has 25 heavy (non-hydrogen) atoms. The van der Waals surface area contributed by atoms with E-state index in [2.05, 4.69) is 10.1 Å². The number of sulfone groups is 1. The summed E-state index contributed by atoms with van der Waals surface area (Å²) in [5, 5.41) is 2.74. The van der Waals surface area contributed by atoms with Gasteiger partial charge in [-0.2, -0.15) is 0 Å². The third-order valence-corrected chi connectivity index (χ3v) is 4.83. The third-order valence-electron chi connectivity index (χ3n) is 3.38. The van der Waals surface area contributed by atoms with Crippen molar-refractivity contribution in [1.82, 2.24) is 5.32 Å². The molecule has 0 heterocycles. The number of rotatable bonds is 9. The van der Waals surface area contributed by atoms with Crippen LogP contribution in [0.15, 0.2) is 24.3 Å². The number of nitrogens with one attached hydrogen (secondary N) is 1. The summed E-state index contributed by atoms with van der Waals surface area (Å²) in [6.07, 6.45) is 1.46. The molecule has 3 N–H and O–H groups in total. The van der Waals surface area contributed by atoms with Crippen LogP contribution in [0.25, 0.3) is 0 Å². The first-order valence-corrected chi connectivity index (χ1v) is 9.48. The minimum Gasteiger partial charge on any atom is -0.468 e. The maximum Gasteiger partial charge on any atom is 0.320 e. The van der Waals surface area contributed by atoms with E-state index >= 15 is 0 Å². The number of halogens is 1. The number of hydrogen-bond acceptors (Lipinski definition) is 6. The van der Waals surface area contributed by atoms with Crippen molar-refractivity contribution in [1.29, 1.82) is 0 Å². The standard InChI is InChI=1S/C16H24N2O5S.ClH/c1-3-4-14(17)16(20)18-9-12-5-7-13(8-6-12)10-24(21,22)11-15(19)23-2;/h5-8,14H,3-4,9-11,17H2,1-2H3,(H,18,20);1H. The van der Waals surface area contributed by atoms with Gasteiger partial charge in [-0.25, -0.2) is 8.42 Å². The zero-order valence-corrected chi connectivity index (χ0v) is 16.0. The Balaban J connectivity index is 0.00000576. The summed E-state index contributed by atoms with van der Waals surface area (Å²) < 4.78 is 28.0. The first-order chi connectivity index (χ1) is 11.3.